The lowest BCUT2D eigenvalue weighted by atomic mass is 10.3. The van der Waals surface area contributed by atoms with Crippen molar-refractivity contribution in [2.24, 2.45) is 0 Å². The quantitative estimate of drug-likeness (QED) is 0.768. The second-order valence-electron chi connectivity index (χ2n) is 3.74. The summed E-state index contributed by atoms with van der Waals surface area (Å²) in [6.45, 7) is 2.97. The molecule has 0 aliphatic carbocycles. The second kappa shape index (κ2) is 4.50. The molecule has 2 aromatic heterocycles. The van der Waals surface area contributed by atoms with Gasteiger partial charge in [-0.3, -0.25) is 4.98 Å². The van der Waals surface area contributed by atoms with Crippen LogP contribution in [0.5, 0.6) is 0 Å². The van der Waals surface area contributed by atoms with Crippen molar-refractivity contribution in [2.45, 2.75) is 0 Å². The highest BCUT2D eigenvalue weighted by Gasteiger charge is 2.17. The largest absolute Gasteiger partial charge is 0.378 e. The first-order valence-electron chi connectivity index (χ1n) is 5.50. The van der Waals surface area contributed by atoms with Gasteiger partial charge in [-0.05, 0) is 12.1 Å². The standard InChI is InChI=1S/C11H12N4O2/c1-2-9(8-12-3-1)10-13-11(17-14-10)15-4-6-16-7-5-15/h1-3,8H,4-7H2. The van der Waals surface area contributed by atoms with Gasteiger partial charge in [-0.25, -0.2) is 0 Å². The fourth-order valence-corrected chi connectivity index (χ4v) is 1.71. The van der Waals surface area contributed by atoms with E-state index in [1.54, 1.807) is 12.4 Å². The lowest BCUT2D eigenvalue weighted by Crippen LogP contribution is -2.36. The van der Waals surface area contributed by atoms with Crippen LogP contribution in [-0.2, 0) is 4.74 Å². The molecule has 1 saturated heterocycles. The van der Waals surface area contributed by atoms with Crippen molar-refractivity contribution in [2.75, 3.05) is 31.2 Å². The molecule has 1 fully saturated rings. The predicted octanol–water partition coefficient (Wildman–Crippen LogP) is 0.968. The van der Waals surface area contributed by atoms with Gasteiger partial charge in [0.1, 0.15) is 0 Å². The Morgan fingerprint density at radius 3 is 2.88 bits per heavy atom. The fraction of sp³-hybridized carbons (Fsp3) is 0.364. The molecule has 0 unspecified atom stereocenters. The average Bonchev–Trinajstić information content (AvgIpc) is 2.90. The van der Waals surface area contributed by atoms with Gasteiger partial charge in [-0.1, -0.05) is 5.16 Å². The first kappa shape index (κ1) is 10.2. The van der Waals surface area contributed by atoms with Crippen molar-refractivity contribution in [1.29, 1.82) is 0 Å². The number of morpholine rings is 1. The van der Waals surface area contributed by atoms with Gasteiger partial charge >= 0.3 is 6.01 Å². The zero-order valence-corrected chi connectivity index (χ0v) is 9.24. The van der Waals surface area contributed by atoms with E-state index in [4.69, 9.17) is 9.26 Å². The number of hydrogen-bond acceptors (Lipinski definition) is 6. The molecule has 0 N–H and O–H groups in total. The summed E-state index contributed by atoms with van der Waals surface area (Å²) in [6, 6.07) is 4.30. The Morgan fingerprint density at radius 2 is 2.12 bits per heavy atom. The van der Waals surface area contributed by atoms with E-state index in [-0.39, 0.29) is 0 Å². The van der Waals surface area contributed by atoms with Gasteiger partial charge in [0.15, 0.2) is 0 Å². The molecule has 0 aromatic carbocycles. The van der Waals surface area contributed by atoms with Crippen molar-refractivity contribution in [3.05, 3.63) is 24.5 Å². The number of anilines is 1. The van der Waals surface area contributed by atoms with Crippen molar-refractivity contribution >= 4 is 6.01 Å². The lowest BCUT2D eigenvalue weighted by Gasteiger charge is -2.24. The monoisotopic (exact) mass is 232 g/mol. The predicted molar refractivity (Wildman–Crippen MR) is 60.6 cm³/mol. The van der Waals surface area contributed by atoms with Gasteiger partial charge in [-0.2, -0.15) is 4.98 Å². The summed E-state index contributed by atoms with van der Waals surface area (Å²) in [6.07, 6.45) is 3.43. The van der Waals surface area contributed by atoms with Crippen LogP contribution in [0, 0.1) is 0 Å². The van der Waals surface area contributed by atoms with Crippen LogP contribution < -0.4 is 4.90 Å². The van der Waals surface area contributed by atoms with E-state index in [1.807, 2.05) is 17.0 Å². The molecule has 0 saturated carbocycles. The van der Waals surface area contributed by atoms with E-state index in [0.717, 1.165) is 18.7 Å². The number of nitrogens with zero attached hydrogens (tertiary/aromatic N) is 4. The minimum absolute atomic E-state index is 0.548. The third kappa shape index (κ3) is 2.12. The lowest BCUT2D eigenvalue weighted by molar-refractivity contribution is 0.119. The van der Waals surface area contributed by atoms with E-state index >= 15 is 0 Å². The molecular formula is C11H12N4O2. The molecule has 2 aromatic rings. The summed E-state index contributed by atoms with van der Waals surface area (Å²) < 4.78 is 10.5. The molecule has 0 atom stereocenters. The van der Waals surface area contributed by atoms with Crippen molar-refractivity contribution in [3.8, 4) is 11.4 Å². The molecule has 0 spiro atoms. The molecule has 17 heavy (non-hydrogen) atoms. The van der Waals surface area contributed by atoms with Crippen molar-refractivity contribution in [3.63, 3.8) is 0 Å². The van der Waals surface area contributed by atoms with Crippen LogP contribution in [0.2, 0.25) is 0 Å². The summed E-state index contributed by atoms with van der Waals surface area (Å²) in [4.78, 5) is 10.4. The van der Waals surface area contributed by atoms with Crippen LogP contribution >= 0.6 is 0 Å². The second-order valence-corrected chi connectivity index (χ2v) is 3.74. The van der Waals surface area contributed by atoms with Gasteiger partial charge in [0, 0.05) is 31.0 Å². The topological polar surface area (TPSA) is 64.3 Å². The Labute approximate surface area is 98.2 Å². The van der Waals surface area contributed by atoms with Gasteiger partial charge in [0.25, 0.3) is 0 Å². The number of hydrogen-bond donors (Lipinski definition) is 0. The van der Waals surface area contributed by atoms with E-state index < -0.39 is 0 Å². The molecule has 1 aliphatic heterocycles. The average molecular weight is 232 g/mol. The Morgan fingerprint density at radius 1 is 1.24 bits per heavy atom. The van der Waals surface area contributed by atoms with Crippen LogP contribution in [0.15, 0.2) is 29.0 Å². The molecule has 3 heterocycles. The van der Waals surface area contributed by atoms with Crippen molar-refractivity contribution < 1.29 is 9.26 Å². The molecule has 0 bridgehead atoms. The van der Waals surface area contributed by atoms with Gasteiger partial charge in [-0.15, -0.1) is 0 Å². The maximum absolute atomic E-state index is 5.27. The Balaban J connectivity index is 1.83. The first-order chi connectivity index (χ1) is 8.43. The van der Waals surface area contributed by atoms with Crippen LogP contribution in [0.4, 0.5) is 6.01 Å². The highest BCUT2D eigenvalue weighted by Crippen LogP contribution is 2.19. The summed E-state index contributed by atoms with van der Waals surface area (Å²) in [5, 5.41) is 3.95. The number of rotatable bonds is 2. The Bertz CT molecular complexity index is 479. The summed E-state index contributed by atoms with van der Waals surface area (Å²) in [5.41, 5.74) is 0.857. The molecule has 3 rings (SSSR count). The van der Waals surface area contributed by atoms with Crippen LogP contribution in [0.1, 0.15) is 0 Å². The van der Waals surface area contributed by atoms with Gasteiger partial charge < -0.3 is 14.2 Å². The zero-order valence-electron chi connectivity index (χ0n) is 9.24. The van der Waals surface area contributed by atoms with Crippen molar-refractivity contribution in [1.82, 2.24) is 15.1 Å². The molecule has 6 heteroatoms. The minimum Gasteiger partial charge on any atom is -0.378 e. The zero-order chi connectivity index (χ0) is 11.5. The van der Waals surface area contributed by atoms with E-state index in [2.05, 4.69) is 15.1 Å². The summed E-state index contributed by atoms with van der Waals surface area (Å²) in [5.74, 6) is 0.569. The molecule has 0 radical (unpaired) electrons. The smallest absolute Gasteiger partial charge is 0.324 e. The molecular weight excluding hydrogens is 220 g/mol. The molecule has 6 nitrogen and oxygen atoms in total. The molecule has 88 valence electrons. The van der Waals surface area contributed by atoms with Gasteiger partial charge in [0.05, 0.1) is 13.2 Å². The number of aromatic nitrogens is 3. The minimum atomic E-state index is 0.548. The SMILES string of the molecule is c1cncc(-c2noc(N3CCOCC3)n2)c1. The number of ether oxygens (including phenoxy) is 1. The Hall–Kier alpha value is -1.95. The summed E-state index contributed by atoms with van der Waals surface area (Å²) >= 11 is 0. The van der Waals surface area contributed by atoms with Crippen LogP contribution in [0.25, 0.3) is 11.4 Å². The molecule has 0 amide bonds. The van der Waals surface area contributed by atoms with E-state index in [0.29, 0.717) is 25.1 Å². The first-order valence-corrected chi connectivity index (χ1v) is 5.50. The van der Waals surface area contributed by atoms with E-state index in [1.165, 1.54) is 0 Å². The number of pyridine rings is 1. The van der Waals surface area contributed by atoms with Crippen LogP contribution in [-0.4, -0.2) is 41.4 Å². The highest BCUT2D eigenvalue weighted by molar-refractivity contribution is 5.53. The maximum atomic E-state index is 5.27. The highest BCUT2D eigenvalue weighted by atomic mass is 16.5. The third-order valence-electron chi connectivity index (χ3n) is 2.62. The normalized spacial score (nSPS) is 16.1. The third-order valence-corrected chi connectivity index (χ3v) is 2.62. The molecule has 1 aliphatic rings. The van der Waals surface area contributed by atoms with E-state index in [9.17, 15) is 0 Å². The Kier molecular flexibility index (Phi) is 2.71. The summed E-state index contributed by atoms with van der Waals surface area (Å²) in [7, 11) is 0. The maximum Gasteiger partial charge on any atom is 0.324 e. The van der Waals surface area contributed by atoms with Gasteiger partial charge in [0.2, 0.25) is 5.82 Å². The van der Waals surface area contributed by atoms with Crippen LogP contribution in [0.3, 0.4) is 0 Å². The fourth-order valence-electron chi connectivity index (χ4n) is 1.71.